The van der Waals surface area contributed by atoms with Crippen molar-refractivity contribution in [1.82, 2.24) is 3.93 Å². The van der Waals surface area contributed by atoms with Gasteiger partial charge in [-0.3, -0.25) is 14.0 Å². The highest BCUT2D eigenvalue weighted by molar-refractivity contribution is 9.07. The Bertz CT molecular complexity index is 367. The molecular formula is C6H6BrN3O3S. The fourth-order valence-electron chi connectivity index (χ4n) is 0.764. The second-order valence-corrected chi connectivity index (χ2v) is 3.63. The normalized spacial score (nSPS) is 9.79. The molecule has 0 amide bonds. The van der Waals surface area contributed by atoms with E-state index in [-0.39, 0.29) is 17.5 Å². The lowest BCUT2D eigenvalue weighted by Crippen LogP contribution is -2.25. The molecule has 1 aromatic rings. The number of thiocarbonyl (C=S) groups is 1. The Morgan fingerprint density at radius 2 is 2.43 bits per heavy atom. The largest absolute Gasteiger partial charge is 0.433 e. The molecular weight excluding hydrogens is 274 g/mol. The third kappa shape index (κ3) is 2.67. The number of nitro groups is 1. The fraction of sp³-hybridized carbons (Fsp3) is 0.167. The summed E-state index contributed by atoms with van der Waals surface area (Å²) in [6.07, 6.45) is 0. The van der Waals surface area contributed by atoms with Crippen LogP contribution in [-0.2, 0) is 6.54 Å². The first kappa shape index (κ1) is 10.9. The van der Waals surface area contributed by atoms with Gasteiger partial charge in [-0.1, -0.05) is 0 Å². The van der Waals surface area contributed by atoms with E-state index >= 15 is 0 Å². The average Bonchev–Trinajstić information content (AvgIpc) is 2.52. The Kier molecular flexibility index (Phi) is 3.42. The average molecular weight is 280 g/mol. The SMILES string of the molecule is NC(=S)N(Br)Cc1ccc([N+](=O)[O-])o1. The minimum atomic E-state index is -0.608. The molecule has 0 aromatic carbocycles. The summed E-state index contributed by atoms with van der Waals surface area (Å²) in [7, 11) is 0. The third-order valence-corrected chi connectivity index (χ3v) is 2.45. The molecule has 14 heavy (non-hydrogen) atoms. The first-order chi connectivity index (χ1) is 6.50. The molecule has 0 spiro atoms. The number of hydrogen-bond acceptors (Lipinski definition) is 4. The number of nitrogens with two attached hydrogens (primary N) is 1. The van der Waals surface area contributed by atoms with Crippen LogP contribution in [-0.4, -0.2) is 14.0 Å². The van der Waals surface area contributed by atoms with E-state index in [4.69, 9.17) is 10.2 Å². The van der Waals surface area contributed by atoms with E-state index in [9.17, 15) is 10.1 Å². The van der Waals surface area contributed by atoms with Crippen LogP contribution in [0.25, 0.3) is 0 Å². The highest BCUT2D eigenvalue weighted by atomic mass is 79.9. The summed E-state index contributed by atoms with van der Waals surface area (Å²) in [6.45, 7) is 0.239. The molecule has 1 heterocycles. The van der Waals surface area contributed by atoms with E-state index in [1.54, 1.807) is 0 Å². The lowest BCUT2D eigenvalue weighted by Gasteiger charge is -2.10. The molecule has 1 rings (SSSR count). The predicted octanol–water partition coefficient (Wildman–Crippen LogP) is 1.54. The standard InChI is InChI=1S/C6H6BrN3O3S/c7-9(6(8)14)3-4-1-2-5(13-4)10(11)12/h1-2H,3H2,(H2,8,14). The summed E-state index contributed by atoms with van der Waals surface area (Å²) < 4.78 is 6.25. The van der Waals surface area contributed by atoms with Gasteiger partial charge in [0, 0.05) is 0 Å². The Hall–Kier alpha value is -1.15. The molecule has 1 aromatic heterocycles. The van der Waals surface area contributed by atoms with Gasteiger partial charge >= 0.3 is 5.88 Å². The number of nitrogens with zero attached hydrogens (tertiary/aromatic N) is 2. The third-order valence-electron chi connectivity index (χ3n) is 1.36. The zero-order chi connectivity index (χ0) is 10.7. The van der Waals surface area contributed by atoms with Crippen molar-refractivity contribution in [2.24, 2.45) is 5.73 Å². The number of furan rings is 1. The van der Waals surface area contributed by atoms with E-state index < -0.39 is 4.92 Å². The van der Waals surface area contributed by atoms with Gasteiger partial charge in [0.2, 0.25) is 0 Å². The van der Waals surface area contributed by atoms with Crippen molar-refractivity contribution in [1.29, 1.82) is 0 Å². The molecule has 0 fully saturated rings. The molecule has 8 heteroatoms. The first-order valence-electron chi connectivity index (χ1n) is 3.46. The molecule has 0 radical (unpaired) electrons. The van der Waals surface area contributed by atoms with E-state index in [1.165, 1.54) is 16.1 Å². The molecule has 76 valence electrons. The highest BCUT2D eigenvalue weighted by Crippen LogP contribution is 2.18. The second kappa shape index (κ2) is 4.38. The molecule has 0 unspecified atom stereocenters. The predicted molar refractivity (Wildman–Crippen MR) is 56.6 cm³/mol. The van der Waals surface area contributed by atoms with E-state index in [2.05, 4.69) is 28.4 Å². The first-order valence-corrected chi connectivity index (χ1v) is 4.58. The van der Waals surface area contributed by atoms with Gasteiger partial charge in [-0.05, 0) is 18.3 Å². The fourth-order valence-corrected chi connectivity index (χ4v) is 1.08. The van der Waals surface area contributed by atoms with Gasteiger partial charge < -0.3 is 10.2 Å². The zero-order valence-electron chi connectivity index (χ0n) is 6.84. The smallest absolute Gasteiger partial charge is 0.404 e. The molecule has 0 saturated heterocycles. The van der Waals surface area contributed by atoms with Crippen molar-refractivity contribution in [3.63, 3.8) is 0 Å². The Labute approximate surface area is 93.1 Å². The van der Waals surface area contributed by atoms with Crippen LogP contribution in [0.3, 0.4) is 0 Å². The van der Waals surface area contributed by atoms with Crippen molar-refractivity contribution < 1.29 is 9.34 Å². The van der Waals surface area contributed by atoms with Gasteiger partial charge in [-0.2, -0.15) is 0 Å². The lowest BCUT2D eigenvalue weighted by atomic mass is 10.4. The Morgan fingerprint density at radius 3 is 2.86 bits per heavy atom. The molecule has 0 aliphatic rings. The summed E-state index contributed by atoms with van der Waals surface area (Å²) >= 11 is 7.72. The van der Waals surface area contributed by atoms with Crippen LogP contribution in [0.1, 0.15) is 5.76 Å². The highest BCUT2D eigenvalue weighted by Gasteiger charge is 2.13. The van der Waals surface area contributed by atoms with Crippen LogP contribution in [0.4, 0.5) is 5.88 Å². The molecule has 2 N–H and O–H groups in total. The van der Waals surface area contributed by atoms with Crippen LogP contribution in [0.15, 0.2) is 16.5 Å². The summed E-state index contributed by atoms with van der Waals surface area (Å²) in [5.74, 6) is 0.102. The van der Waals surface area contributed by atoms with Gasteiger partial charge in [0.05, 0.1) is 28.8 Å². The summed E-state index contributed by atoms with van der Waals surface area (Å²) in [5.41, 5.74) is 5.29. The maximum atomic E-state index is 10.3. The van der Waals surface area contributed by atoms with Crippen molar-refractivity contribution in [2.75, 3.05) is 0 Å². The minimum Gasteiger partial charge on any atom is -0.404 e. The van der Waals surface area contributed by atoms with Crippen molar-refractivity contribution >= 4 is 39.4 Å². The van der Waals surface area contributed by atoms with Crippen molar-refractivity contribution in [3.05, 3.63) is 28.0 Å². The van der Waals surface area contributed by atoms with Crippen molar-refractivity contribution in [3.8, 4) is 0 Å². The summed E-state index contributed by atoms with van der Waals surface area (Å²) in [5, 5.41) is 10.4. The molecule has 0 bridgehead atoms. The molecule has 0 aliphatic carbocycles. The van der Waals surface area contributed by atoms with Crippen LogP contribution in [0, 0.1) is 10.1 Å². The molecule has 6 nitrogen and oxygen atoms in total. The monoisotopic (exact) mass is 279 g/mol. The van der Waals surface area contributed by atoms with Crippen LogP contribution in [0.5, 0.6) is 0 Å². The molecule has 0 atom stereocenters. The van der Waals surface area contributed by atoms with Gasteiger partial charge in [0.1, 0.15) is 10.7 Å². The molecule has 0 saturated carbocycles. The summed E-state index contributed by atoms with van der Waals surface area (Å²) in [6, 6.07) is 2.76. The van der Waals surface area contributed by atoms with Crippen molar-refractivity contribution in [2.45, 2.75) is 6.54 Å². The van der Waals surface area contributed by atoms with Gasteiger partial charge in [-0.15, -0.1) is 0 Å². The molecule has 0 aliphatic heterocycles. The quantitative estimate of drug-likeness (QED) is 0.391. The topological polar surface area (TPSA) is 85.5 Å². The van der Waals surface area contributed by atoms with E-state index in [1.807, 2.05) is 0 Å². The Balaban J connectivity index is 2.69. The van der Waals surface area contributed by atoms with Gasteiger partial charge in [0.15, 0.2) is 5.11 Å². The number of hydrogen-bond donors (Lipinski definition) is 1. The number of rotatable bonds is 3. The van der Waals surface area contributed by atoms with Gasteiger partial charge in [-0.25, -0.2) is 0 Å². The lowest BCUT2D eigenvalue weighted by molar-refractivity contribution is -0.402. The summed E-state index contributed by atoms with van der Waals surface area (Å²) in [4.78, 5) is 9.66. The van der Waals surface area contributed by atoms with Crippen LogP contribution < -0.4 is 5.73 Å². The number of halogens is 1. The second-order valence-electron chi connectivity index (χ2n) is 2.36. The van der Waals surface area contributed by atoms with Crippen LogP contribution in [0.2, 0.25) is 0 Å². The van der Waals surface area contributed by atoms with Gasteiger partial charge in [0.25, 0.3) is 0 Å². The van der Waals surface area contributed by atoms with E-state index in [0.717, 1.165) is 0 Å². The minimum absolute atomic E-state index is 0.129. The zero-order valence-corrected chi connectivity index (χ0v) is 9.25. The maximum absolute atomic E-state index is 10.3. The Morgan fingerprint density at radius 1 is 1.79 bits per heavy atom. The maximum Gasteiger partial charge on any atom is 0.433 e. The van der Waals surface area contributed by atoms with Crippen LogP contribution >= 0.6 is 28.4 Å². The van der Waals surface area contributed by atoms with E-state index in [0.29, 0.717) is 5.76 Å².